The van der Waals surface area contributed by atoms with Crippen molar-refractivity contribution in [2.24, 2.45) is 0 Å². The molecule has 0 spiro atoms. The summed E-state index contributed by atoms with van der Waals surface area (Å²) in [5.74, 6) is -0.128. The minimum absolute atomic E-state index is 0.128. The standard InChI is InChI=1S/C23H31IN2O2/c1-5-17(12-13-21(27)28-23(2,3)4)9-8-15-26-16-14-19(22(26)24)18-10-6-7-11-20(18)25/h5-7,10-11,14,16H,8-9,12-13,15,25H2,1-4H3/b17-5-. The van der Waals surface area contributed by atoms with Crippen molar-refractivity contribution in [3.63, 3.8) is 0 Å². The van der Waals surface area contributed by atoms with Crippen molar-refractivity contribution in [3.05, 3.63) is 51.9 Å². The molecule has 0 amide bonds. The first-order valence-electron chi connectivity index (χ1n) is 9.76. The van der Waals surface area contributed by atoms with Crippen LogP contribution in [0.4, 0.5) is 5.69 Å². The Bertz CT molecular complexity index is 831. The van der Waals surface area contributed by atoms with E-state index in [0.29, 0.717) is 6.42 Å². The molecule has 0 bridgehead atoms. The van der Waals surface area contributed by atoms with E-state index in [1.54, 1.807) is 0 Å². The van der Waals surface area contributed by atoms with Crippen LogP contribution in [0.15, 0.2) is 48.2 Å². The third-order valence-corrected chi connectivity index (χ3v) is 5.72. The summed E-state index contributed by atoms with van der Waals surface area (Å²) in [6, 6.07) is 10.1. The Kier molecular flexibility index (Phi) is 8.16. The van der Waals surface area contributed by atoms with E-state index >= 15 is 0 Å². The van der Waals surface area contributed by atoms with E-state index in [4.69, 9.17) is 10.5 Å². The molecule has 0 aliphatic carbocycles. The number of esters is 1. The van der Waals surface area contributed by atoms with Crippen LogP contribution in [-0.4, -0.2) is 16.1 Å². The molecule has 28 heavy (non-hydrogen) atoms. The Morgan fingerprint density at radius 1 is 1.14 bits per heavy atom. The predicted molar refractivity (Wildman–Crippen MR) is 125 cm³/mol. The van der Waals surface area contributed by atoms with E-state index in [-0.39, 0.29) is 5.97 Å². The maximum absolute atomic E-state index is 11.9. The van der Waals surface area contributed by atoms with Crippen molar-refractivity contribution < 1.29 is 9.53 Å². The van der Waals surface area contributed by atoms with E-state index in [1.807, 2.05) is 45.9 Å². The molecule has 1 heterocycles. The van der Waals surface area contributed by atoms with Crippen LogP contribution in [0.2, 0.25) is 0 Å². The Hall–Kier alpha value is -1.76. The molecule has 0 aliphatic rings. The normalized spacial score (nSPS) is 12.2. The third-order valence-electron chi connectivity index (χ3n) is 4.52. The van der Waals surface area contributed by atoms with Crippen molar-refractivity contribution in [3.8, 4) is 11.1 Å². The topological polar surface area (TPSA) is 57.2 Å². The van der Waals surface area contributed by atoms with Crippen LogP contribution in [0.5, 0.6) is 0 Å². The minimum atomic E-state index is -0.419. The Balaban J connectivity index is 1.87. The first-order valence-corrected chi connectivity index (χ1v) is 10.8. The molecule has 0 saturated heterocycles. The summed E-state index contributed by atoms with van der Waals surface area (Å²) in [4.78, 5) is 11.9. The largest absolute Gasteiger partial charge is 0.460 e. The molecule has 0 fully saturated rings. The SMILES string of the molecule is C/C=C(/CCCn1ccc(-c2ccccc2N)c1I)CCC(=O)OC(C)(C)C. The van der Waals surface area contributed by atoms with Crippen LogP contribution in [0, 0.1) is 3.70 Å². The summed E-state index contributed by atoms with van der Waals surface area (Å²) >= 11 is 2.39. The number of para-hydroxylation sites is 1. The molecule has 2 rings (SSSR count). The van der Waals surface area contributed by atoms with Gasteiger partial charge in [0, 0.05) is 36.0 Å². The van der Waals surface area contributed by atoms with Crippen molar-refractivity contribution in [1.29, 1.82) is 0 Å². The maximum atomic E-state index is 11.9. The molecule has 0 radical (unpaired) electrons. The Labute approximate surface area is 182 Å². The lowest BCUT2D eigenvalue weighted by molar-refractivity contribution is -0.154. The highest BCUT2D eigenvalue weighted by atomic mass is 127. The predicted octanol–water partition coefficient (Wildman–Crippen LogP) is 6.19. The molecule has 1 aromatic heterocycles. The van der Waals surface area contributed by atoms with Crippen LogP contribution in [-0.2, 0) is 16.1 Å². The summed E-state index contributed by atoms with van der Waals surface area (Å²) < 4.78 is 8.86. The van der Waals surface area contributed by atoms with Gasteiger partial charge in [-0.15, -0.1) is 0 Å². The summed E-state index contributed by atoms with van der Waals surface area (Å²) in [6.45, 7) is 8.68. The zero-order chi connectivity index (χ0) is 20.7. The van der Waals surface area contributed by atoms with Gasteiger partial charge in [-0.1, -0.05) is 29.8 Å². The number of aromatic nitrogens is 1. The van der Waals surface area contributed by atoms with Crippen LogP contribution in [0.3, 0.4) is 0 Å². The number of hydrogen-bond donors (Lipinski definition) is 1. The average Bonchev–Trinajstić information content (AvgIpc) is 2.97. The van der Waals surface area contributed by atoms with Gasteiger partial charge < -0.3 is 15.0 Å². The summed E-state index contributed by atoms with van der Waals surface area (Å²) in [6.07, 6.45) is 7.47. The number of allylic oxidation sites excluding steroid dienone is 2. The van der Waals surface area contributed by atoms with Gasteiger partial charge in [0.1, 0.15) is 5.60 Å². The fourth-order valence-electron chi connectivity index (χ4n) is 3.11. The summed E-state index contributed by atoms with van der Waals surface area (Å²) in [5, 5.41) is 0. The van der Waals surface area contributed by atoms with Gasteiger partial charge >= 0.3 is 5.97 Å². The molecular formula is C23H31IN2O2. The number of halogens is 1. The third kappa shape index (κ3) is 6.69. The van der Waals surface area contributed by atoms with Gasteiger partial charge in [0.25, 0.3) is 0 Å². The monoisotopic (exact) mass is 494 g/mol. The zero-order valence-corrected chi connectivity index (χ0v) is 19.5. The van der Waals surface area contributed by atoms with E-state index in [1.165, 1.54) is 14.8 Å². The van der Waals surface area contributed by atoms with Crippen molar-refractivity contribution >= 4 is 34.2 Å². The number of ether oxygens (including phenoxy) is 1. The number of nitrogen functional groups attached to an aromatic ring is 1. The highest BCUT2D eigenvalue weighted by molar-refractivity contribution is 14.1. The number of nitrogens with zero attached hydrogens (tertiary/aromatic N) is 1. The molecule has 0 aliphatic heterocycles. The van der Waals surface area contributed by atoms with Crippen molar-refractivity contribution in [1.82, 2.24) is 4.57 Å². The van der Waals surface area contributed by atoms with Crippen LogP contribution >= 0.6 is 22.6 Å². The van der Waals surface area contributed by atoms with Crippen molar-refractivity contribution in [2.75, 3.05) is 5.73 Å². The second-order valence-corrected chi connectivity index (χ2v) is 8.96. The highest BCUT2D eigenvalue weighted by Crippen LogP contribution is 2.31. The number of benzene rings is 1. The second kappa shape index (κ2) is 10.1. The van der Waals surface area contributed by atoms with E-state index in [9.17, 15) is 4.79 Å². The van der Waals surface area contributed by atoms with Gasteiger partial charge in [-0.25, -0.2) is 0 Å². The first kappa shape index (κ1) is 22.5. The number of carbonyl (C=O) groups excluding carboxylic acids is 1. The summed E-state index contributed by atoms with van der Waals surface area (Å²) in [7, 11) is 0. The lowest BCUT2D eigenvalue weighted by Crippen LogP contribution is -2.23. The molecule has 0 saturated carbocycles. The molecule has 2 N–H and O–H groups in total. The lowest BCUT2D eigenvalue weighted by atomic mass is 10.0. The van der Waals surface area contributed by atoms with E-state index < -0.39 is 5.60 Å². The molecular weight excluding hydrogens is 463 g/mol. The maximum Gasteiger partial charge on any atom is 0.306 e. The number of aryl methyl sites for hydroxylation is 1. The number of hydrogen-bond acceptors (Lipinski definition) is 3. The number of rotatable bonds is 8. The molecule has 2 aromatic rings. The number of carbonyl (C=O) groups is 1. The van der Waals surface area contributed by atoms with Gasteiger partial charge in [0.05, 0.1) is 3.70 Å². The Morgan fingerprint density at radius 3 is 2.50 bits per heavy atom. The first-order chi connectivity index (χ1) is 13.2. The van der Waals surface area contributed by atoms with Gasteiger partial charge in [-0.2, -0.15) is 0 Å². The molecule has 4 nitrogen and oxygen atoms in total. The Morgan fingerprint density at radius 2 is 1.86 bits per heavy atom. The second-order valence-electron chi connectivity index (χ2n) is 7.94. The fraction of sp³-hybridized carbons (Fsp3) is 0.435. The average molecular weight is 494 g/mol. The zero-order valence-electron chi connectivity index (χ0n) is 17.3. The number of anilines is 1. The molecule has 0 unspecified atom stereocenters. The smallest absolute Gasteiger partial charge is 0.306 e. The van der Waals surface area contributed by atoms with Gasteiger partial charge in [-0.05, 0) is 81.7 Å². The van der Waals surface area contributed by atoms with Gasteiger partial charge in [0.2, 0.25) is 0 Å². The lowest BCUT2D eigenvalue weighted by Gasteiger charge is -2.19. The van der Waals surface area contributed by atoms with Crippen LogP contribution in [0.1, 0.15) is 53.4 Å². The van der Waals surface area contributed by atoms with Crippen LogP contribution in [0.25, 0.3) is 11.1 Å². The van der Waals surface area contributed by atoms with Crippen molar-refractivity contribution in [2.45, 2.75) is 65.5 Å². The van der Waals surface area contributed by atoms with Gasteiger partial charge in [-0.3, -0.25) is 4.79 Å². The fourth-order valence-corrected chi connectivity index (χ4v) is 3.99. The quantitative estimate of drug-likeness (QED) is 0.206. The van der Waals surface area contributed by atoms with E-state index in [0.717, 1.165) is 37.1 Å². The number of nitrogens with two attached hydrogens (primary N) is 1. The summed E-state index contributed by atoms with van der Waals surface area (Å²) in [5.41, 5.74) is 10.1. The minimum Gasteiger partial charge on any atom is -0.460 e. The van der Waals surface area contributed by atoms with Gasteiger partial charge in [0.15, 0.2) is 0 Å². The molecule has 5 heteroatoms. The molecule has 1 aromatic carbocycles. The highest BCUT2D eigenvalue weighted by Gasteiger charge is 2.16. The van der Waals surface area contributed by atoms with E-state index in [2.05, 4.69) is 51.6 Å². The van der Waals surface area contributed by atoms with Crippen LogP contribution < -0.4 is 5.73 Å². The molecule has 0 atom stereocenters. The molecule has 152 valence electrons.